The molecule has 0 fully saturated rings. The lowest BCUT2D eigenvalue weighted by molar-refractivity contribution is 0.0600. The highest BCUT2D eigenvalue weighted by atomic mass is 35.5. The molecule has 3 nitrogen and oxygen atoms in total. The minimum Gasteiger partial charge on any atom is -0.465 e. The topological polar surface area (TPSA) is 52.3 Å². The molecule has 5 heteroatoms. The maximum Gasteiger partial charge on any atom is 0.338 e. The lowest BCUT2D eigenvalue weighted by Crippen LogP contribution is -2.16. The van der Waals surface area contributed by atoms with Crippen LogP contribution in [0.1, 0.15) is 21.5 Å². The van der Waals surface area contributed by atoms with Crippen molar-refractivity contribution in [3.8, 4) is 11.5 Å². The van der Waals surface area contributed by atoms with Gasteiger partial charge in [-0.15, -0.1) is 5.54 Å². The summed E-state index contributed by atoms with van der Waals surface area (Å²) in [6.45, 7) is 8.21. The fourth-order valence-corrected chi connectivity index (χ4v) is 2.21. The molecule has 0 spiro atoms. The summed E-state index contributed by atoms with van der Waals surface area (Å²) in [6.07, 6.45) is 0. The van der Waals surface area contributed by atoms with Crippen molar-refractivity contribution in [2.75, 3.05) is 12.8 Å². The third-order valence-corrected chi connectivity index (χ3v) is 3.73. The highest BCUT2D eigenvalue weighted by molar-refractivity contribution is 6.83. The second kappa shape index (κ2) is 5.68. The summed E-state index contributed by atoms with van der Waals surface area (Å²) in [5, 5.41) is 0.325. The van der Waals surface area contributed by atoms with E-state index in [1.54, 1.807) is 6.92 Å². The number of anilines is 1. The van der Waals surface area contributed by atoms with Gasteiger partial charge in [-0.05, 0) is 18.6 Å². The standard InChI is InChI=1S/C14H18ClNO2Si/c1-9-10(6-7-19(3,4)5)13(16)12(15)8-11(9)14(17)18-2/h8H,16H2,1-5H3. The number of halogens is 1. The van der Waals surface area contributed by atoms with Gasteiger partial charge >= 0.3 is 5.97 Å². The molecule has 0 amide bonds. The van der Waals surface area contributed by atoms with E-state index in [0.29, 0.717) is 27.4 Å². The smallest absolute Gasteiger partial charge is 0.338 e. The monoisotopic (exact) mass is 295 g/mol. The Morgan fingerprint density at radius 3 is 2.47 bits per heavy atom. The maximum atomic E-state index is 11.7. The lowest BCUT2D eigenvalue weighted by atomic mass is 10.0. The van der Waals surface area contributed by atoms with Crippen LogP contribution in [-0.2, 0) is 4.74 Å². The summed E-state index contributed by atoms with van der Waals surface area (Å²) in [5.41, 5.74) is 11.3. The molecule has 0 atom stereocenters. The number of rotatable bonds is 1. The molecule has 102 valence electrons. The van der Waals surface area contributed by atoms with E-state index in [2.05, 4.69) is 31.1 Å². The largest absolute Gasteiger partial charge is 0.465 e. The van der Waals surface area contributed by atoms with Crippen molar-refractivity contribution in [2.24, 2.45) is 0 Å². The lowest BCUT2D eigenvalue weighted by Gasteiger charge is -2.11. The number of nitrogens with two attached hydrogens (primary N) is 1. The molecule has 0 aliphatic rings. The van der Waals surface area contributed by atoms with Gasteiger partial charge in [0, 0.05) is 0 Å². The molecule has 0 aliphatic carbocycles. The van der Waals surface area contributed by atoms with E-state index in [1.165, 1.54) is 13.2 Å². The molecule has 0 radical (unpaired) electrons. The van der Waals surface area contributed by atoms with Gasteiger partial charge in [0.05, 0.1) is 28.9 Å². The molecular formula is C14H18ClNO2Si. The third kappa shape index (κ3) is 3.76. The van der Waals surface area contributed by atoms with Crippen LogP contribution in [0.25, 0.3) is 0 Å². The molecule has 0 aromatic heterocycles. The molecule has 0 saturated carbocycles. The number of carbonyl (C=O) groups is 1. The zero-order valence-corrected chi connectivity index (χ0v) is 13.6. The van der Waals surface area contributed by atoms with Crippen LogP contribution in [0, 0.1) is 18.4 Å². The normalized spacial score (nSPS) is 10.6. The number of carbonyl (C=O) groups excluding carboxylic acids is 1. The fraction of sp³-hybridized carbons (Fsp3) is 0.357. The molecule has 19 heavy (non-hydrogen) atoms. The number of hydrogen-bond donors (Lipinski definition) is 1. The second-order valence-corrected chi connectivity index (χ2v) is 10.5. The van der Waals surface area contributed by atoms with Gasteiger partial charge in [-0.1, -0.05) is 37.2 Å². The van der Waals surface area contributed by atoms with Crippen molar-refractivity contribution in [2.45, 2.75) is 26.6 Å². The average molecular weight is 296 g/mol. The van der Waals surface area contributed by atoms with E-state index in [0.717, 1.165) is 0 Å². The van der Waals surface area contributed by atoms with Gasteiger partial charge < -0.3 is 10.5 Å². The maximum absolute atomic E-state index is 11.7. The highest BCUT2D eigenvalue weighted by Crippen LogP contribution is 2.29. The van der Waals surface area contributed by atoms with Crippen molar-refractivity contribution in [3.63, 3.8) is 0 Å². The van der Waals surface area contributed by atoms with Crippen molar-refractivity contribution >= 4 is 31.3 Å². The van der Waals surface area contributed by atoms with Crippen LogP contribution in [0.5, 0.6) is 0 Å². The first-order valence-electron chi connectivity index (χ1n) is 5.87. The van der Waals surface area contributed by atoms with Gasteiger partial charge in [-0.25, -0.2) is 4.79 Å². The summed E-state index contributed by atoms with van der Waals surface area (Å²) in [5.74, 6) is 2.64. The number of esters is 1. The SMILES string of the molecule is COC(=O)c1cc(Cl)c(N)c(C#C[Si](C)(C)C)c1C. The molecule has 1 aromatic carbocycles. The van der Waals surface area contributed by atoms with Gasteiger partial charge in [0.2, 0.25) is 0 Å². The van der Waals surface area contributed by atoms with Crippen molar-refractivity contribution in [1.82, 2.24) is 0 Å². The van der Waals surface area contributed by atoms with Crippen LogP contribution in [0.4, 0.5) is 5.69 Å². The molecule has 0 aliphatic heterocycles. The summed E-state index contributed by atoms with van der Waals surface area (Å²) >= 11 is 6.05. The minimum atomic E-state index is -1.53. The predicted octanol–water partition coefficient (Wildman–Crippen LogP) is 3.25. The van der Waals surface area contributed by atoms with Crippen LogP contribution in [0.3, 0.4) is 0 Å². The fourth-order valence-electron chi connectivity index (χ4n) is 1.50. The van der Waals surface area contributed by atoms with Gasteiger partial charge in [-0.2, -0.15) is 0 Å². The minimum absolute atomic E-state index is 0.325. The van der Waals surface area contributed by atoms with E-state index in [4.69, 9.17) is 22.1 Å². The van der Waals surface area contributed by atoms with E-state index >= 15 is 0 Å². The quantitative estimate of drug-likeness (QED) is 0.374. The Hall–Kier alpha value is -1.44. The molecule has 0 bridgehead atoms. The Bertz CT molecular complexity index is 580. The Labute approximate surface area is 120 Å². The molecule has 0 heterocycles. The predicted molar refractivity (Wildman–Crippen MR) is 82.2 cm³/mol. The molecule has 2 N–H and O–H groups in total. The summed E-state index contributed by atoms with van der Waals surface area (Å²) < 4.78 is 4.73. The molecule has 0 unspecified atom stereocenters. The number of benzene rings is 1. The molecular weight excluding hydrogens is 278 g/mol. The highest BCUT2D eigenvalue weighted by Gasteiger charge is 2.17. The van der Waals surface area contributed by atoms with Gasteiger partial charge in [0.25, 0.3) is 0 Å². The average Bonchev–Trinajstić information content (AvgIpc) is 2.31. The van der Waals surface area contributed by atoms with Crippen LogP contribution in [0.2, 0.25) is 24.7 Å². The van der Waals surface area contributed by atoms with Gasteiger partial charge in [-0.3, -0.25) is 0 Å². The second-order valence-electron chi connectivity index (χ2n) is 5.31. The van der Waals surface area contributed by atoms with Crippen LogP contribution >= 0.6 is 11.6 Å². The van der Waals surface area contributed by atoms with E-state index in [9.17, 15) is 4.79 Å². The Morgan fingerprint density at radius 2 is 2.00 bits per heavy atom. The Morgan fingerprint density at radius 1 is 1.42 bits per heavy atom. The van der Waals surface area contributed by atoms with Crippen molar-refractivity contribution in [1.29, 1.82) is 0 Å². The van der Waals surface area contributed by atoms with Crippen molar-refractivity contribution < 1.29 is 9.53 Å². The first-order chi connectivity index (χ1) is 8.67. The number of hydrogen-bond acceptors (Lipinski definition) is 3. The zero-order chi connectivity index (χ0) is 14.8. The first kappa shape index (κ1) is 15.6. The van der Waals surface area contributed by atoms with Gasteiger partial charge in [0.15, 0.2) is 0 Å². The number of nitrogen functional groups attached to an aromatic ring is 1. The van der Waals surface area contributed by atoms with E-state index < -0.39 is 14.0 Å². The van der Waals surface area contributed by atoms with E-state index in [-0.39, 0.29) is 0 Å². The van der Waals surface area contributed by atoms with Crippen LogP contribution < -0.4 is 5.73 Å². The molecule has 0 saturated heterocycles. The van der Waals surface area contributed by atoms with Gasteiger partial charge in [0.1, 0.15) is 8.07 Å². The number of methoxy groups -OCH3 is 1. The van der Waals surface area contributed by atoms with Crippen LogP contribution in [-0.4, -0.2) is 21.2 Å². The zero-order valence-electron chi connectivity index (χ0n) is 11.8. The van der Waals surface area contributed by atoms with Crippen molar-refractivity contribution in [3.05, 3.63) is 27.8 Å². The van der Waals surface area contributed by atoms with Crippen LogP contribution in [0.15, 0.2) is 6.07 Å². The summed E-state index contributed by atoms with van der Waals surface area (Å²) in [7, 11) is -0.199. The number of ether oxygens (including phenoxy) is 1. The Balaban J connectivity index is 3.50. The third-order valence-electron chi connectivity index (χ3n) is 2.54. The first-order valence-corrected chi connectivity index (χ1v) is 9.75. The summed E-state index contributed by atoms with van der Waals surface area (Å²) in [6, 6.07) is 1.53. The molecule has 1 rings (SSSR count). The van der Waals surface area contributed by atoms with E-state index in [1.807, 2.05) is 0 Å². The Kier molecular flexibility index (Phi) is 4.67. The molecule has 1 aromatic rings. The summed E-state index contributed by atoms with van der Waals surface area (Å²) in [4.78, 5) is 11.7.